The second kappa shape index (κ2) is 10.7. The van der Waals surface area contributed by atoms with Crippen molar-refractivity contribution in [2.75, 3.05) is 6.54 Å². The summed E-state index contributed by atoms with van der Waals surface area (Å²) in [4.78, 5) is 37.7. The van der Waals surface area contributed by atoms with E-state index in [9.17, 15) is 14.4 Å². The normalized spacial score (nSPS) is 11.7. The lowest BCUT2D eigenvalue weighted by molar-refractivity contribution is -0.121. The van der Waals surface area contributed by atoms with E-state index in [1.807, 2.05) is 24.4 Å². The van der Waals surface area contributed by atoms with Crippen LogP contribution in [-0.4, -0.2) is 28.1 Å². The standard InChI is InChI=1S/C23H26N4O3S/c1-3-6-19(20-7-5-14-31-20)25-23(30)17-10-8-16(9-11-17)18-12-13-22(29)27(26-18)15-21(28)24-4-2/h5,7-14,19H,3-4,6,15H2,1-2H3,(H,24,28)(H,25,30). The van der Waals surface area contributed by atoms with E-state index in [0.29, 0.717) is 17.8 Å². The van der Waals surface area contributed by atoms with E-state index in [2.05, 4.69) is 22.7 Å². The number of thiophene rings is 1. The predicted molar refractivity (Wildman–Crippen MR) is 122 cm³/mol. The van der Waals surface area contributed by atoms with Crippen LogP contribution in [0.15, 0.2) is 58.7 Å². The second-order valence-corrected chi connectivity index (χ2v) is 8.05. The summed E-state index contributed by atoms with van der Waals surface area (Å²) < 4.78 is 1.14. The minimum absolute atomic E-state index is 0.00309. The molecule has 0 radical (unpaired) electrons. The van der Waals surface area contributed by atoms with Crippen LogP contribution in [0.25, 0.3) is 11.3 Å². The third-order valence-electron chi connectivity index (χ3n) is 4.75. The molecule has 0 saturated heterocycles. The van der Waals surface area contributed by atoms with Crippen molar-refractivity contribution < 1.29 is 9.59 Å². The van der Waals surface area contributed by atoms with Gasteiger partial charge in [0, 0.05) is 28.6 Å². The molecule has 3 rings (SSSR count). The van der Waals surface area contributed by atoms with E-state index >= 15 is 0 Å². The van der Waals surface area contributed by atoms with Crippen LogP contribution in [0.5, 0.6) is 0 Å². The first-order valence-corrected chi connectivity index (χ1v) is 11.2. The van der Waals surface area contributed by atoms with Crippen LogP contribution in [0.3, 0.4) is 0 Å². The number of carbonyl (C=O) groups is 2. The zero-order valence-corrected chi connectivity index (χ0v) is 18.4. The van der Waals surface area contributed by atoms with Crippen LogP contribution in [0.1, 0.15) is 48.0 Å². The van der Waals surface area contributed by atoms with Gasteiger partial charge in [-0.1, -0.05) is 31.5 Å². The molecule has 0 bridgehead atoms. The maximum Gasteiger partial charge on any atom is 0.267 e. The summed E-state index contributed by atoms with van der Waals surface area (Å²) in [6, 6.07) is 14.1. The Morgan fingerprint density at radius 3 is 2.52 bits per heavy atom. The molecule has 3 aromatic rings. The number of rotatable bonds is 9. The lowest BCUT2D eigenvalue weighted by Gasteiger charge is -2.17. The number of nitrogens with one attached hydrogen (secondary N) is 2. The second-order valence-electron chi connectivity index (χ2n) is 7.08. The molecule has 0 aliphatic heterocycles. The number of likely N-dealkylation sites (N-methyl/N-ethyl adjacent to an activating group) is 1. The molecule has 8 heteroatoms. The number of hydrogen-bond acceptors (Lipinski definition) is 5. The van der Waals surface area contributed by atoms with Crippen LogP contribution in [0.4, 0.5) is 0 Å². The molecule has 162 valence electrons. The van der Waals surface area contributed by atoms with Crippen LogP contribution < -0.4 is 16.2 Å². The van der Waals surface area contributed by atoms with Crippen molar-refractivity contribution in [2.24, 2.45) is 0 Å². The maximum atomic E-state index is 12.7. The van der Waals surface area contributed by atoms with E-state index in [1.54, 1.807) is 41.7 Å². The number of amides is 2. The van der Waals surface area contributed by atoms with Crippen molar-refractivity contribution in [1.29, 1.82) is 0 Å². The Hall–Kier alpha value is -3.26. The number of nitrogens with zero attached hydrogens (tertiary/aromatic N) is 2. The molecule has 1 unspecified atom stereocenters. The number of carbonyl (C=O) groups excluding carboxylic acids is 2. The summed E-state index contributed by atoms with van der Waals surface area (Å²) in [5.41, 5.74) is 1.52. The molecule has 1 aromatic carbocycles. The van der Waals surface area contributed by atoms with Gasteiger partial charge in [-0.3, -0.25) is 14.4 Å². The van der Waals surface area contributed by atoms with Crippen molar-refractivity contribution in [3.05, 3.63) is 74.7 Å². The first-order chi connectivity index (χ1) is 15.0. The average Bonchev–Trinajstić information content (AvgIpc) is 3.30. The number of hydrogen-bond donors (Lipinski definition) is 2. The summed E-state index contributed by atoms with van der Waals surface area (Å²) in [6.45, 7) is 4.26. The van der Waals surface area contributed by atoms with Gasteiger partial charge in [-0.2, -0.15) is 5.10 Å². The highest BCUT2D eigenvalue weighted by Crippen LogP contribution is 2.24. The smallest absolute Gasteiger partial charge is 0.267 e. The summed E-state index contributed by atoms with van der Waals surface area (Å²) in [5.74, 6) is -0.402. The number of aromatic nitrogens is 2. The quantitative estimate of drug-likeness (QED) is 0.536. The average molecular weight is 439 g/mol. The van der Waals surface area contributed by atoms with Gasteiger partial charge in [0.15, 0.2) is 0 Å². The SMILES string of the molecule is CCCC(NC(=O)c1ccc(-c2ccc(=O)n(CC(=O)NCC)n2)cc1)c1cccs1. The zero-order chi connectivity index (χ0) is 22.2. The Labute approximate surface area is 185 Å². The Kier molecular flexibility index (Phi) is 7.72. The molecular formula is C23H26N4O3S. The van der Waals surface area contributed by atoms with E-state index < -0.39 is 0 Å². The van der Waals surface area contributed by atoms with Gasteiger partial charge in [-0.05, 0) is 43.0 Å². The molecule has 0 spiro atoms. The lowest BCUT2D eigenvalue weighted by Crippen LogP contribution is -2.33. The Bertz CT molecular complexity index is 1070. The Morgan fingerprint density at radius 2 is 1.87 bits per heavy atom. The largest absolute Gasteiger partial charge is 0.355 e. The molecule has 7 nitrogen and oxygen atoms in total. The fraction of sp³-hybridized carbons (Fsp3) is 0.304. The first-order valence-electron chi connectivity index (χ1n) is 10.3. The van der Waals surface area contributed by atoms with Gasteiger partial charge in [0.25, 0.3) is 11.5 Å². The van der Waals surface area contributed by atoms with Crippen LogP contribution in [0.2, 0.25) is 0 Å². The summed E-state index contributed by atoms with van der Waals surface area (Å²) >= 11 is 1.64. The maximum absolute atomic E-state index is 12.7. The minimum Gasteiger partial charge on any atom is -0.355 e. The molecule has 2 aromatic heterocycles. The molecule has 2 N–H and O–H groups in total. The van der Waals surface area contributed by atoms with Crippen molar-refractivity contribution in [3.63, 3.8) is 0 Å². The fourth-order valence-corrected chi connectivity index (χ4v) is 4.02. The lowest BCUT2D eigenvalue weighted by atomic mass is 10.1. The third kappa shape index (κ3) is 5.88. The van der Waals surface area contributed by atoms with Crippen molar-refractivity contribution in [3.8, 4) is 11.3 Å². The number of benzene rings is 1. The van der Waals surface area contributed by atoms with Crippen molar-refractivity contribution in [1.82, 2.24) is 20.4 Å². The molecule has 31 heavy (non-hydrogen) atoms. The van der Waals surface area contributed by atoms with E-state index in [0.717, 1.165) is 28.0 Å². The van der Waals surface area contributed by atoms with Gasteiger partial charge in [0.05, 0.1) is 11.7 Å². The Balaban J connectivity index is 1.74. The molecule has 0 saturated carbocycles. The highest BCUT2D eigenvalue weighted by molar-refractivity contribution is 7.10. The van der Waals surface area contributed by atoms with Crippen molar-refractivity contribution in [2.45, 2.75) is 39.3 Å². The van der Waals surface area contributed by atoms with Crippen LogP contribution in [-0.2, 0) is 11.3 Å². The van der Waals surface area contributed by atoms with Gasteiger partial charge < -0.3 is 10.6 Å². The molecule has 2 amide bonds. The van der Waals surface area contributed by atoms with Crippen molar-refractivity contribution >= 4 is 23.2 Å². The fourth-order valence-electron chi connectivity index (χ4n) is 3.20. The molecule has 0 fully saturated rings. The summed E-state index contributed by atoms with van der Waals surface area (Å²) in [6.07, 6.45) is 1.85. The topological polar surface area (TPSA) is 93.1 Å². The summed E-state index contributed by atoms with van der Waals surface area (Å²) in [7, 11) is 0. The van der Waals surface area contributed by atoms with Gasteiger partial charge in [-0.25, -0.2) is 4.68 Å². The van der Waals surface area contributed by atoms with E-state index in [4.69, 9.17) is 0 Å². The molecule has 1 atom stereocenters. The van der Waals surface area contributed by atoms with E-state index in [1.165, 1.54) is 6.07 Å². The van der Waals surface area contributed by atoms with Crippen LogP contribution >= 0.6 is 11.3 Å². The Morgan fingerprint density at radius 1 is 1.10 bits per heavy atom. The molecule has 0 aliphatic rings. The monoisotopic (exact) mass is 438 g/mol. The highest BCUT2D eigenvalue weighted by Gasteiger charge is 2.16. The molecule has 0 aliphatic carbocycles. The first kappa shape index (κ1) is 22.4. The van der Waals surface area contributed by atoms with Gasteiger partial charge >= 0.3 is 0 Å². The zero-order valence-electron chi connectivity index (χ0n) is 17.6. The molecule has 2 heterocycles. The van der Waals surface area contributed by atoms with Crippen LogP contribution in [0, 0.1) is 0 Å². The van der Waals surface area contributed by atoms with Gasteiger partial charge in [0.1, 0.15) is 6.54 Å². The summed E-state index contributed by atoms with van der Waals surface area (Å²) in [5, 5.41) is 12.1. The minimum atomic E-state index is -0.346. The van der Waals surface area contributed by atoms with E-state index in [-0.39, 0.29) is 30.0 Å². The highest BCUT2D eigenvalue weighted by atomic mass is 32.1. The van der Waals surface area contributed by atoms with Gasteiger partial charge in [0.2, 0.25) is 5.91 Å². The molecular weight excluding hydrogens is 412 g/mol. The predicted octanol–water partition coefficient (Wildman–Crippen LogP) is 3.38. The van der Waals surface area contributed by atoms with Gasteiger partial charge in [-0.15, -0.1) is 11.3 Å². The third-order valence-corrected chi connectivity index (χ3v) is 5.73.